The van der Waals surface area contributed by atoms with Crippen LogP contribution in [0.1, 0.15) is 46.0 Å². The lowest BCUT2D eigenvalue weighted by Crippen LogP contribution is -2.39. The molecule has 182 valence electrons. The van der Waals surface area contributed by atoms with Gasteiger partial charge in [0.05, 0.1) is 17.7 Å². The van der Waals surface area contributed by atoms with Gasteiger partial charge < -0.3 is 25.6 Å². The summed E-state index contributed by atoms with van der Waals surface area (Å²) in [6, 6.07) is 5.45. The molecule has 0 spiro atoms. The molecule has 0 unspecified atom stereocenters. The van der Waals surface area contributed by atoms with Gasteiger partial charge in [-0.25, -0.2) is 4.98 Å². The highest BCUT2D eigenvalue weighted by Gasteiger charge is 2.25. The van der Waals surface area contributed by atoms with Crippen molar-refractivity contribution in [1.82, 2.24) is 24.4 Å². The summed E-state index contributed by atoms with van der Waals surface area (Å²) < 4.78 is 1.75. The van der Waals surface area contributed by atoms with Crippen LogP contribution in [0, 0.1) is 0 Å². The third kappa shape index (κ3) is 5.53. The summed E-state index contributed by atoms with van der Waals surface area (Å²) in [5.41, 5.74) is 8.16. The lowest BCUT2D eigenvalue weighted by atomic mass is 9.96. The zero-order valence-electron chi connectivity index (χ0n) is 20.1. The number of anilines is 2. The zero-order chi connectivity index (χ0) is 24.1. The molecule has 1 aliphatic rings. The Morgan fingerprint density at radius 2 is 1.97 bits per heavy atom. The molecule has 3 aromatic heterocycles. The molecule has 34 heavy (non-hydrogen) atoms. The van der Waals surface area contributed by atoms with E-state index in [0.29, 0.717) is 23.4 Å². The minimum absolute atomic E-state index is 0.0315. The van der Waals surface area contributed by atoms with E-state index in [4.69, 9.17) is 5.73 Å². The van der Waals surface area contributed by atoms with E-state index in [-0.39, 0.29) is 18.1 Å². The Morgan fingerprint density at radius 1 is 1.18 bits per heavy atom. The number of hydrogen-bond acceptors (Lipinski definition) is 8. The molecule has 0 radical (unpaired) electrons. The van der Waals surface area contributed by atoms with E-state index >= 15 is 0 Å². The number of hydrogen-bond donors (Lipinski definition) is 3. The van der Waals surface area contributed by atoms with Gasteiger partial charge in [-0.3, -0.25) is 9.78 Å². The lowest BCUT2D eigenvalue weighted by Gasteiger charge is -2.29. The van der Waals surface area contributed by atoms with E-state index in [9.17, 15) is 9.90 Å². The summed E-state index contributed by atoms with van der Waals surface area (Å²) >= 11 is 0. The van der Waals surface area contributed by atoms with Crippen LogP contribution in [0.5, 0.6) is 0 Å². The van der Waals surface area contributed by atoms with E-state index in [1.165, 1.54) is 12.8 Å². The molecule has 1 aliphatic heterocycles. The summed E-state index contributed by atoms with van der Waals surface area (Å²) in [7, 11) is 0. The van der Waals surface area contributed by atoms with Crippen molar-refractivity contribution in [2.75, 3.05) is 37.3 Å². The molecule has 0 aromatic carbocycles. The summed E-state index contributed by atoms with van der Waals surface area (Å²) in [4.78, 5) is 28.4. The molecule has 4 N–H and O–H groups in total. The van der Waals surface area contributed by atoms with Gasteiger partial charge in [0.2, 0.25) is 5.95 Å². The summed E-state index contributed by atoms with van der Waals surface area (Å²) in [5.74, 6) is 0.626. The second-order valence-electron chi connectivity index (χ2n) is 9.47. The number of nitrogens with one attached hydrogen (secondary N) is 1. The summed E-state index contributed by atoms with van der Waals surface area (Å²) in [6.07, 6.45) is 8.85. The Kier molecular flexibility index (Phi) is 7.43. The first-order valence-corrected chi connectivity index (χ1v) is 12.2. The van der Waals surface area contributed by atoms with Gasteiger partial charge in [0.15, 0.2) is 5.82 Å². The summed E-state index contributed by atoms with van der Waals surface area (Å²) in [6.45, 7) is 7.86. The fraction of sp³-hybridized carbons (Fsp3) is 0.520. The maximum absolute atomic E-state index is 12.7. The van der Waals surface area contributed by atoms with Crippen LogP contribution in [-0.2, 0) is 6.54 Å². The van der Waals surface area contributed by atoms with Crippen molar-refractivity contribution in [1.29, 1.82) is 0 Å². The second-order valence-corrected chi connectivity index (χ2v) is 9.47. The molecule has 0 saturated carbocycles. The predicted octanol–water partition coefficient (Wildman–Crippen LogP) is 2.88. The Balaban J connectivity index is 1.58. The van der Waals surface area contributed by atoms with E-state index in [2.05, 4.69) is 32.1 Å². The third-order valence-corrected chi connectivity index (χ3v) is 6.59. The van der Waals surface area contributed by atoms with Crippen molar-refractivity contribution in [2.45, 2.75) is 58.0 Å². The van der Waals surface area contributed by atoms with E-state index in [0.717, 1.165) is 50.0 Å². The van der Waals surface area contributed by atoms with Gasteiger partial charge in [-0.15, -0.1) is 0 Å². The molecular weight excluding hydrogens is 430 g/mol. The van der Waals surface area contributed by atoms with Crippen molar-refractivity contribution in [3.63, 3.8) is 0 Å². The van der Waals surface area contributed by atoms with Crippen LogP contribution in [0.4, 0.5) is 11.8 Å². The van der Waals surface area contributed by atoms with Gasteiger partial charge in [-0.1, -0.05) is 19.8 Å². The van der Waals surface area contributed by atoms with Crippen LogP contribution in [0.3, 0.4) is 0 Å². The molecule has 3 aromatic rings. The van der Waals surface area contributed by atoms with Crippen molar-refractivity contribution in [3.05, 3.63) is 40.9 Å². The van der Waals surface area contributed by atoms with Gasteiger partial charge in [-0.05, 0) is 57.0 Å². The molecule has 4 rings (SSSR count). The predicted molar refractivity (Wildman–Crippen MR) is 136 cm³/mol. The largest absolute Gasteiger partial charge is 0.394 e. The van der Waals surface area contributed by atoms with Crippen LogP contribution in [0.2, 0.25) is 0 Å². The normalized spacial score (nSPS) is 16.1. The number of nitrogen functional groups attached to an aromatic ring is 1. The molecule has 0 bridgehead atoms. The molecule has 1 atom stereocenters. The quantitative estimate of drug-likeness (QED) is 0.418. The molecule has 1 saturated heterocycles. The Bertz CT molecular complexity index is 1190. The number of aliphatic hydroxyl groups is 1. The molecule has 0 amide bonds. The number of fused-ring (bicyclic) bond motifs is 1. The van der Waals surface area contributed by atoms with Crippen molar-refractivity contribution in [3.8, 4) is 11.1 Å². The standard InChI is InChI=1S/C25H35N7O2/c1-3-4-8-25(2,17-33)30-23-22-20(28-24(26)29-23)14-19(16-27-22)18-7-11-32(21(34)15-18)13-12-31-9-5-6-10-31/h7,11,14-16,33H,3-6,8-10,12-13,17H2,1-2H3,(H3,26,28,29,30)/t25-/m1/s1. The van der Waals surface area contributed by atoms with Gasteiger partial charge in [0.1, 0.15) is 5.52 Å². The average molecular weight is 466 g/mol. The smallest absolute Gasteiger partial charge is 0.251 e. The van der Waals surface area contributed by atoms with Gasteiger partial charge in [-0.2, -0.15) is 4.98 Å². The number of unbranched alkanes of at least 4 members (excludes halogenated alkanes) is 1. The number of rotatable bonds is 10. The number of nitrogens with zero attached hydrogens (tertiary/aromatic N) is 5. The highest BCUT2D eigenvalue weighted by atomic mass is 16.3. The number of pyridine rings is 2. The monoisotopic (exact) mass is 465 g/mol. The fourth-order valence-corrected chi connectivity index (χ4v) is 4.44. The zero-order valence-corrected chi connectivity index (χ0v) is 20.1. The minimum Gasteiger partial charge on any atom is -0.394 e. The molecule has 0 aliphatic carbocycles. The number of aliphatic hydroxyl groups excluding tert-OH is 1. The highest BCUT2D eigenvalue weighted by molar-refractivity contribution is 5.89. The highest BCUT2D eigenvalue weighted by Crippen LogP contribution is 2.28. The maximum atomic E-state index is 12.7. The van der Waals surface area contributed by atoms with Crippen LogP contribution in [0.25, 0.3) is 22.2 Å². The lowest BCUT2D eigenvalue weighted by molar-refractivity contribution is 0.212. The van der Waals surface area contributed by atoms with Gasteiger partial charge in [0, 0.05) is 37.1 Å². The second kappa shape index (κ2) is 10.5. The Morgan fingerprint density at radius 3 is 2.68 bits per heavy atom. The molecule has 4 heterocycles. The number of nitrogens with two attached hydrogens (primary N) is 1. The first-order chi connectivity index (χ1) is 16.4. The van der Waals surface area contributed by atoms with Crippen LogP contribution in [0.15, 0.2) is 35.4 Å². The van der Waals surface area contributed by atoms with Gasteiger partial charge >= 0.3 is 0 Å². The summed E-state index contributed by atoms with van der Waals surface area (Å²) in [5, 5.41) is 13.3. The number of aromatic nitrogens is 4. The molecule has 9 nitrogen and oxygen atoms in total. The van der Waals surface area contributed by atoms with Crippen LogP contribution >= 0.6 is 0 Å². The first kappa shape index (κ1) is 24.1. The minimum atomic E-state index is -0.538. The van der Waals surface area contributed by atoms with E-state index < -0.39 is 5.54 Å². The van der Waals surface area contributed by atoms with Gasteiger partial charge in [0.25, 0.3) is 5.56 Å². The average Bonchev–Trinajstić information content (AvgIpc) is 3.35. The topological polar surface area (TPSA) is 122 Å². The maximum Gasteiger partial charge on any atom is 0.251 e. The van der Waals surface area contributed by atoms with Crippen LogP contribution in [-0.4, -0.2) is 61.3 Å². The molecule has 9 heteroatoms. The SMILES string of the molecule is CCCC[C@](C)(CO)Nc1nc(N)nc2cc(-c3ccn(CCN4CCCC4)c(=O)c3)cnc12. The van der Waals surface area contributed by atoms with Crippen molar-refractivity contribution in [2.24, 2.45) is 0 Å². The van der Waals surface area contributed by atoms with Crippen molar-refractivity contribution >= 4 is 22.8 Å². The first-order valence-electron chi connectivity index (χ1n) is 12.2. The molecular formula is C25H35N7O2. The van der Waals surface area contributed by atoms with E-state index in [1.807, 2.05) is 25.3 Å². The Labute approximate surface area is 200 Å². The van der Waals surface area contributed by atoms with Crippen molar-refractivity contribution < 1.29 is 5.11 Å². The van der Waals surface area contributed by atoms with E-state index in [1.54, 1.807) is 16.8 Å². The fourth-order valence-electron chi connectivity index (χ4n) is 4.44. The van der Waals surface area contributed by atoms with Crippen LogP contribution < -0.4 is 16.6 Å². The Hall–Kier alpha value is -3.04. The molecule has 1 fully saturated rings. The number of likely N-dealkylation sites (tertiary alicyclic amines) is 1. The third-order valence-electron chi connectivity index (χ3n) is 6.59.